The van der Waals surface area contributed by atoms with Crippen molar-refractivity contribution in [2.24, 2.45) is 5.41 Å². The van der Waals surface area contributed by atoms with Crippen LogP contribution >= 0.6 is 0 Å². The number of aryl methyl sites for hydroxylation is 1. The van der Waals surface area contributed by atoms with Crippen molar-refractivity contribution in [1.82, 2.24) is 9.88 Å². The highest BCUT2D eigenvalue weighted by Gasteiger charge is 2.36. The quantitative estimate of drug-likeness (QED) is 0.276. The molecule has 1 fully saturated rings. The van der Waals surface area contributed by atoms with Crippen LogP contribution in [0.5, 0.6) is 11.5 Å². The predicted octanol–water partition coefficient (Wildman–Crippen LogP) is 6.09. The molecule has 2 aromatic carbocycles. The Hall–Kier alpha value is -3.40. The van der Waals surface area contributed by atoms with Gasteiger partial charge in [0.05, 0.1) is 19.0 Å². The standard InChI is InChI=1S/C29H32F4N2O4/c1-38-21-4-5-26-23(15-21)22(19(17-30)18-34-26)3-2-6-29(16-27(36)37)7-9-35(10-8-29)11-12-39-28-24(32)13-20(31)14-25(28)33/h4-5,13-15,18H,2-3,6-12,16-17H2,1H3,(H,36,37). The number of likely N-dealkylation sites (tertiary alicyclic amines) is 1. The molecule has 0 amide bonds. The van der Waals surface area contributed by atoms with Gasteiger partial charge in [0, 0.05) is 35.8 Å². The Morgan fingerprint density at radius 2 is 1.85 bits per heavy atom. The number of carboxylic acids is 1. The number of piperidine rings is 1. The number of alkyl halides is 1. The zero-order chi connectivity index (χ0) is 28.0. The van der Waals surface area contributed by atoms with Crippen LogP contribution in [0, 0.1) is 22.9 Å². The number of rotatable bonds is 12. The van der Waals surface area contributed by atoms with E-state index < -0.39 is 41.3 Å². The molecule has 39 heavy (non-hydrogen) atoms. The van der Waals surface area contributed by atoms with Gasteiger partial charge in [-0.1, -0.05) is 0 Å². The first-order valence-electron chi connectivity index (χ1n) is 13.0. The highest BCUT2D eigenvalue weighted by atomic mass is 19.1. The summed E-state index contributed by atoms with van der Waals surface area (Å²) in [7, 11) is 1.57. The van der Waals surface area contributed by atoms with E-state index in [1.807, 2.05) is 18.2 Å². The number of aromatic nitrogens is 1. The normalized spacial score (nSPS) is 15.4. The summed E-state index contributed by atoms with van der Waals surface area (Å²) in [4.78, 5) is 18.2. The number of pyridine rings is 1. The summed E-state index contributed by atoms with van der Waals surface area (Å²) in [6.45, 7) is 0.977. The van der Waals surface area contributed by atoms with Gasteiger partial charge in [-0.3, -0.25) is 14.7 Å². The van der Waals surface area contributed by atoms with Crippen LogP contribution in [0.3, 0.4) is 0 Å². The summed E-state index contributed by atoms with van der Waals surface area (Å²) in [5.74, 6) is -4.02. The number of benzene rings is 2. The third-order valence-corrected chi connectivity index (χ3v) is 7.61. The van der Waals surface area contributed by atoms with Crippen molar-refractivity contribution in [1.29, 1.82) is 0 Å². The van der Waals surface area contributed by atoms with Gasteiger partial charge in [0.1, 0.15) is 24.8 Å². The van der Waals surface area contributed by atoms with Crippen LogP contribution in [0.1, 0.15) is 43.2 Å². The number of ether oxygens (including phenoxy) is 2. The fourth-order valence-corrected chi connectivity index (χ4v) is 5.48. The number of hydrogen-bond donors (Lipinski definition) is 1. The van der Waals surface area contributed by atoms with Gasteiger partial charge in [-0.25, -0.2) is 17.6 Å². The average molecular weight is 549 g/mol. The number of methoxy groups -OCH3 is 1. The minimum absolute atomic E-state index is 0.00991. The molecule has 6 nitrogen and oxygen atoms in total. The molecule has 0 spiro atoms. The van der Waals surface area contributed by atoms with E-state index in [2.05, 4.69) is 9.88 Å². The molecule has 0 bridgehead atoms. The summed E-state index contributed by atoms with van der Waals surface area (Å²) in [6.07, 6.45) is 4.79. The predicted molar refractivity (Wildman–Crippen MR) is 138 cm³/mol. The summed E-state index contributed by atoms with van der Waals surface area (Å²) >= 11 is 0. The molecule has 1 aromatic heterocycles. The minimum atomic E-state index is -1.09. The van der Waals surface area contributed by atoms with Crippen LogP contribution in [0.4, 0.5) is 17.6 Å². The Morgan fingerprint density at radius 3 is 2.49 bits per heavy atom. The molecule has 2 heterocycles. The summed E-state index contributed by atoms with van der Waals surface area (Å²) in [6, 6.07) is 6.64. The summed E-state index contributed by atoms with van der Waals surface area (Å²) < 4.78 is 65.1. The van der Waals surface area contributed by atoms with E-state index in [0.717, 1.165) is 16.5 Å². The second kappa shape index (κ2) is 12.6. The van der Waals surface area contributed by atoms with Gasteiger partial charge in [-0.2, -0.15) is 0 Å². The maximum atomic E-state index is 13.8. The van der Waals surface area contributed by atoms with Crippen LogP contribution in [-0.4, -0.2) is 54.3 Å². The van der Waals surface area contributed by atoms with E-state index in [1.165, 1.54) is 0 Å². The van der Waals surface area contributed by atoms with Crippen molar-refractivity contribution in [3.05, 3.63) is 65.1 Å². The van der Waals surface area contributed by atoms with Crippen LogP contribution < -0.4 is 9.47 Å². The molecule has 1 saturated heterocycles. The number of hydrogen-bond acceptors (Lipinski definition) is 5. The van der Waals surface area contributed by atoms with Crippen LogP contribution in [0.2, 0.25) is 0 Å². The number of fused-ring (bicyclic) bond motifs is 1. The molecule has 0 saturated carbocycles. The Kier molecular flexibility index (Phi) is 9.27. The molecule has 1 aliphatic rings. The van der Waals surface area contributed by atoms with E-state index in [4.69, 9.17) is 9.47 Å². The SMILES string of the molecule is COc1ccc2ncc(CF)c(CCCC3(CC(=O)O)CCN(CCOc4c(F)cc(F)cc4F)CC3)c2c1. The Bertz CT molecular complexity index is 1280. The first kappa shape index (κ1) is 28.6. The molecule has 0 unspecified atom stereocenters. The van der Waals surface area contributed by atoms with E-state index in [1.54, 1.807) is 13.3 Å². The largest absolute Gasteiger partial charge is 0.497 e. The van der Waals surface area contributed by atoms with Crippen molar-refractivity contribution in [2.75, 3.05) is 33.4 Å². The molecular weight excluding hydrogens is 516 g/mol. The third kappa shape index (κ3) is 6.98. The van der Waals surface area contributed by atoms with Crippen molar-refractivity contribution in [2.45, 2.75) is 45.2 Å². The Morgan fingerprint density at radius 1 is 1.13 bits per heavy atom. The maximum Gasteiger partial charge on any atom is 0.303 e. The van der Waals surface area contributed by atoms with Crippen molar-refractivity contribution in [3.63, 3.8) is 0 Å². The smallest absolute Gasteiger partial charge is 0.303 e. The van der Waals surface area contributed by atoms with E-state index in [-0.39, 0.29) is 13.0 Å². The van der Waals surface area contributed by atoms with Gasteiger partial charge in [0.25, 0.3) is 0 Å². The van der Waals surface area contributed by atoms with Gasteiger partial charge < -0.3 is 14.6 Å². The topological polar surface area (TPSA) is 71.9 Å². The molecule has 3 aromatic rings. The molecule has 1 aliphatic heterocycles. The highest BCUT2D eigenvalue weighted by molar-refractivity contribution is 5.84. The van der Waals surface area contributed by atoms with Crippen LogP contribution in [0.25, 0.3) is 10.9 Å². The van der Waals surface area contributed by atoms with E-state index in [9.17, 15) is 27.5 Å². The molecular formula is C29H32F4N2O4. The fourth-order valence-electron chi connectivity index (χ4n) is 5.48. The fraction of sp³-hybridized carbons (Fsp3) is 0.448. The number of halogens is 4. The van der Waals surface area contributed by atoms with Gasteiger partial charge in [-0.05, 0) is 74.4 Å². The third-order valence-electron chi connectivity index (χ3n) is 7.61. The highest BCUT2D eigenvalue weighted by Crippen LogP contribution is 2.40. The second-order valence-corrected chi connectivity index (χ2v) is 10.1. The Labute approximate surface area is 224 Å². The first-order valence-corrected chi connectivity index (χ1v) is 13.0. The summed E-state index contributed by atoms with van der Waals surface area (Å²) in [5, 5.41) is 10.5. The van der Waals surface area contributed by atoms with Crippen molar-refractivity contribution < 1.29 is 36.9 Å². The van der Waals surface area contributed by atoms with Gasteiger partial charge >= 0.3 is 5.97 Å². The molecule has 0 radical (unpaired) electrons. The zero-order valence-corrected chi connectivity index (χ0v) is 21.8. The number of aliphatic carboxylic acids is 1. The molecule has 0 aliphatic carbocycles. The van der Waals surface area contributed by atoms with Crippen LogP contribution in [-0.2, 0) is 17.9 Å². The van der Waals surface area contributed by atoms with E-state index >= 15 is 0 Å². The molecule has 10 heteroatoms. The summed E-state index contributed by atoms with van der Waals surface area (Å²) in [5.41, 5.74) is 1.72. The van der Waals surface area contributed by atoms with Crippen molar-refractivity contribution >= 4 is 16.9 Å². The maximum absolute atomic E-state index is 13.8. The Balaban J connectivity index is 1.37. The molecule has 210 valence electrons. The van der Waals surface area contributed by atoms with Gasteiger partial charge in [0.15, 0.2) is 17.4 Å². The molecule has 4 rings (SSSR count). The number of nitrogens with zero attached hydrogens (tertiary/aromatic N) is 2. The monoisotopic (exact) mass is 548 g/mol. The first-order chi connectivity index (χ1) is 18.7. The van der Waals surface area contributed by atoms with Gasteiger partial charge in [0.2, 0.25) is 0 Å². The molecule has 1 N–H and O–H groups in total. The zero-order valence-electron chi connectivity index (χ0n) is 21.8. The minimum Gasteiger partial charge on any atom is -0.497 e. The van der Waals surface area contributed by atoms with Crippen LogP contribution in [0.15, 0.2) is 36.5 Å². The second-order valence-electron chi connectivity index (χ2n) is 10.1. The lowest BCUT2D eigenvalue weighted by Crippen LogP contribution is -2.42. The van der Waals surface area contributed by atoms with Crippen molar-refractivity contribution in [3.8, 4) is 11.5 Å². The van der Waals surface area contributed by atoms with E-state index in [0.29, 0.717) is 75.2 Å². The molecule has 0 atom stereocenters. The number of carboxylic acid groups (broad SMARTS) is 1. The lowest BCUT2D eigenvalue weighted by atomic mass is 9.72. The lowest BCUT2D eigenvalue weighted by Gasteiger charge is -2.41. The van der Waals surface area contributed by atoms with Gasteiger partial charge in [-0.15, -0.1) is 0 Å². The lowest BCUT2D eigenvalue weighted by molar-refractivity contribution is -0.140. The average Bonchev–Trinajstić information content (AvgIpc) is 2.90. The number of carbonyl (C=O) groups is 1.